The highest BCUT2D eigenvalue weighted by Crippen LogP contribution is 2.31. The summed E-state index contributed by atoms with van der Waals surface area (Å²) in [7, 11) is 0. The van der Waals surface area contributed by atoms with Gasteiger partial charge in [0.2, 0.25) is 0 Å². The van der Waals surface area contributed by atoms with Crippen molar-refractivity contribution in [2.24, 2.45) is 5.92 Å². The number of anilines is 2. The number of rotatable bonds is 4. The molecule has 1 aliphatic heterocycles. The van der Waals surface area contributed by atoms with Crippen LogP contribution in [0, 0.1) is 28.6 Å². The number of piperidine rings is 1. The highest BCUT2D eigenvalue weighted by molar-refractivity contribution is 5.81. The lowest BCUT2D eigenvalue weighted by molar-refractivity contribution is -0.148. The molecule has 3 rings (SSSR count). The van der Waals surface area contributed by atoms with E-state index in [0.717, 1.165) is 31.6 Å². The minimum atomic E-state index is -0.621. The summed E-state index contributed by atoms with van der Waals surface area (Å²) >= 11 is 0. The van der Waals surface area contributed by atoms with E-state index in [4.69, 9.17) is 10.5 Å². The van der Waals surface area contributed by atoms with E-state index in [1.54, 1.807) is 19.1 Å². The Labute approximate surface area is 168 Å². The second-order valence-electron chi connectivity index (χ2n) is 6.78. The maximum Gasteiger partial charge on any atom is 0.309 e. The zero-order chi connectivity index (χ0) is 21.0. The molecule has 0 amide bonds. The van der Waals surface area contributed by atoms with Gasteiger partial charge in [0, 0.05) is 24.3 Å². The molecule has 2 aromatic rings. The van der Waals surface area contributed by atoms with Crippen LogP contribution >= 0.6 is 0 Å². The van der Waals surface area contributed by atoms with Crippen LogP contribution in [0.1, 0.15) is 30.9 Å². The summed E-state index contributed by atoms with van der Waals surface area (Å²) in [6.07, 6.45) is 1.45. The van der Waals surface area contributed by atoms with Crippen LogP contribution in [0.4, 0.5) is 11.5 Å². The molecule has 3 N–H and O–H groups in total. The average molecular weight is 391 g/mol. The van der Waals surface area contributed by atoms with Gasteiger partial charge in [-0.25, -0.2) is 0 Å². The van der Waals surface area contributed by atoms with E-state index in [2.05, 4.69) is 9.88 Å². The summed E-state index contributed by atoms with van der Waals surface area (Å²) < 4.78 is 5.10. The van der Waals surface area contributed by atoms with Gasteiger partial charge < -0.3 is 20.4 Å². The number of esters is 1. The Morgan fingerprint density at radius 3 is 2.38 bits per heavy atom. The third-order valence-corrected chi connectivity index (χ3v) is 5.10. The van der Waals surface area contributed by atoms with E-state index in [9.17, 15) is 20.1 Å². The first-order valence-electron chi connectivity index (χ1n) is 9.38. The molecule has 1 aromatic carbocycles. The minimum Gasteiger partial charge on any atom is -0.466 e. The Morgan fingerprint density at radius 1 is 1.21 bits per heavy atom. The molecule has 8 nitrogen and oxygen atoms in total. The zero-order valence-electron chi connectivity index (χ0n) is 16.1. The number of aromatic amines is 1. The van der Waals surface area contributed by atoms with E-state index in [1.807, 2.05) is 24.3 Å². The van der Waals surface area contributed by atoms with Crippen LogP contribution in [0.2, 0.25) is 0 Å². The van der Waals surface area contributed by atoms with Gasteiger partial charge in [0.25, 0.3) is 5.56 Å². The van der Waals surface area contributed by atoms with Gasteiger partial charge in [-0.1, -0.05) is 12.1 Å². The van der Waals surface area contributed by atoms with Crippen molar-refractivity contribution >= 4 is 17.5 Å². The molecule has 0 bridgehead atoms. The monoisotopic (exact) mass is 391 g/mol. The van der Waals surface area contributed by atoms with Crippen LogP contribution in [-0.2, 0) is 9.53 Å². The summed E-state index contributed by atoms with van der Waals surface area (Å²) in [5, 5.41) is 18.8. The number of H-pyrrole nitrogens is 1. The fraction of sp³-hybridized carbons (Fsp3) is 0.333. The van der Waals surface area contributed by atoms with Crippen molar-refractivity contribution < 1.29 is 9.53 Å². The van der Waals surface area contributed by atoms with Crippen molar-refractivity contribution in [2.75, 3.05) is 30.3 Å². The van der Waals surface area contributed by atoms with E-state index in [-0.39, 0.29) is 34.4 Å². The summed E-state index contributed by atoms with van der Waals surface area (Å²) in [5.74, 6) is -0.264. The van der Waals surface area contributed by atoms with Gasteiger partial charge >= 0.3 is 5.97 Å². The van der Waals surface area contributed by atoms with Gasteiger partial charge in [-0.15, -0.1) is 0 Å². The Kier molecular flexibility index (Phi) is 5.85. The molecule has 29 heavy (non-hydrogen) atoms. The molecule has 0 unspecified atom stereocenters. The quantitative estimate of drug-likeness (QED) is 0.762. The SMILES string of the molecule is CCOC(=O)C1CCN(c2ccc(-c3c(C#N)c(N)[nH]c(=O)c3C#N)cc2)CC1. The van der Waals surface area contributed by atoms with Crippen LogP contribution in [0.5, 0.6) is 0 Å². The maximum absolute atomic E-state index is 12.1. The fourth-order valence-electron chi connectivity index (χ4n) is 3.60. The lowest BCUT2D eigenvalue weighted by Crippen LogP contribution is -2.36. The molecule has 0 radical (unpaired) electrons. The first-order chi connectivity index (χ1) is 14.0. The molecule has 0 spiro atoms. The number of nitrogen functional groups attached to an aromatic ring is 1. The van der Waals surface area contributed by atoms with Gasteiger partial charge in [0.05, 0.1) is 12.5 Å². The summed E-state index contributed by atoms with van der Waals surface area (Å²) in [4.78, 5) is 28.5. The fourth-order valence-corrected chi connectivity index (χ4v) is 3.60. The van der Waals surface area contributed by atoms with Crippen molar-refractivity contribution in [3.8, 4) is 23.3 Å². The van der Waals surface area contributed by atoms with Crippen LogP contribution in [0.25, 0.3) is 11.1 Å². The topological polar surface area (TPSA) is 136 Å². The number of hydrogen-bond acceptors (Lipinski definition) is 7. The van der Waals surface area contributed by atoms with Crippen LogP contribution in [0.3, 0.4) is 0 Å². The molecule has 1 saturated heterocycles. The van der Waals surface area contributed by atoms with Gasteiger partial charge in [-0.3, -0.25) is 9.59 Å². The van der Waals surface area contributed by atoms with Crippen LogP contribution in [0.15, 0.2) is 29.1 Å². The number of nitriles is 2. The van der Waals surface area contributed by atoms with E-state index in [0.29, 0.717) is 12.2 Å². The molecule has 0 aliphatic carbocycles. The number of nitrogens with one attached hydrogen (secondary N) is 1. The number of nitrogens with zero attached hydrogens (tertiary/aromatic N) is 3. The Hall–Kier alpha value is -3.78. The van der Waals surface area contributed by atoms with Crippen molar-refractivity contribution in [1.82, 2.24) is 4.98 Å². The molecular weight excluding hydrogens is 370 g/mol. The van der Waals surface area contributed by atoms with Crippen LogP contribution in [-0.4, -0.2) is 30.6 Å². The number of hydrogen-bond donors (Lipinski definition) is 2. The molecule has 0 saturated carbocycles. The van der Waals surface area contributed by atoms with Gasteiger partial charge in [-0.2, -0.15) is 10.5 Å². The molecule has 0 atom stereocenters. The Morgan fingerprint density at radius 2 is 1.83 bits per heavy atom. The first kappa shape index (κ1) is 20.0. The second kappa shape index (κ2) is 8.49. The number of nitrogens with two attached hydrogens (primary N) is 1. The molecular formula is C21H21N5O3. The highest BCUT2D eigenvalue weighted by Gasteiger charge is 2.26. The van der Waals surface area contributed by atoms with Crippen molar-refractivity contribution in [1.29, 1.82) is 10.5 Å². The summed E-state index contributed by atoms with van der Waals surface area (Å²) in [6, 6.07) is 11.1. The first-order valence-corrected chi connectivity index (χ1v) is 9.38. The number of ether oxygens (including phenoxy) is 1. The van der Waals surface area contributed by atoms with Crippen LogP contribution < -0.4 is 16.2 Å². The molecule has 148 valence electrons. The number of carbonyl (C=O) groups is 1. The average Bonchev–Trinajstić information content (AvgIpc) is 2.74. The number of carbonyl (C=O) groups excluding carboxylic acids is 1. The number of aromatic nitrogens is 1. The largest absolute Gasteiger partial charge is 0.466 e. The Bertz CT molecular complexity index is 1050. The van der Waals surface area contributed by atoms with Gasteiger partial charge in [-0.05, 0) is 37.5 Å². The second-order valence-corrected chi connectivity index (χ2v) is 6.78. The molecule has 8 heteroatoms. The standard InChI is InChI=1S/C21H21N5O3/c1-2-29-21(28)14-7-9-26(10-8-14)15-5-3-13(4-6-15)18-16(11-22)19(24)25-20(27)17(18)12-23/h3-6,14H,2,7-10H2,1H3,(H3,24,25,27). The molecule has 1 aromatic heterocycles. The van der Waals surface area contributed by atoms with Crippen molar-refractivity contribution in [2.45, 2.75) is 19.8 Å². The number of pyridine rings is 1. The lowest BCUT2D eigenvalue weighted by Gasteiger charge is -2.32. The van der Waals surface area contributed by atoms with Gasteiger partial charge in [0.1, 0.15) is 29.1 Å². The smallest absolute Gasteiger partial charge is 0.309 e. The van der Waals surface area contributed by atoms with E-state index < -0.39 is 5.56 Å². The zero-order valence-corrected chi connectivity index (χ0v) is 16.1. The van der Waals surface area contributed by atoms with E-state index >= 15 is 0 Å². The van der Waals surface area contributed by atoms with Crippen molar-refractivity contribution in [3.05, 3.63) is 45.7 Å². The predicted octanol–water partition coefficient (Wildman–Crippen LogP) is 2.15. The minimum absolute atomic E-state index is 0.0587. The molecule has 1 fully saturated rings. The Balaban J connectivity index is 1.84. The third kappa shape index (κ3) is 3.92. The normalized spacial score (nSPS) is 14.1. The molecule has 1 aliphatic rings. The summed E-state index contributed by atoms with van der Waals surface area (Å²) in [5.41, 5.74) is 6.85. The van der Waals surface area contributed by atoms with Crippen molar-refractivity contribution in [3.63, 3.8) is 0 Å². The third-order valence-electron chi connectivity index (χ3n) is 5.10. The number of benzene rings is 1. The summed E-state index contributed by atoms with van der Waals surface area (Å²) in [6.45, 7) is 3.66. The maximum atomic E-state index is 12.1. The van der Waals surface area contributed by atoms with Gasteiger partial charge in [0.15, 0.2) is 0 Å². The highest BCUT2D eigenvalue weighted by atomic mass is 16.5. The van der Waals surface area contributed by atoms with E-state index in [1.165, 1.54) is 0 Å². The lowest BCUT2D eigenvalue weighted by atomic mass is 9.95. The predicted molar refractivity (Wildman–Crippen MR) is 108 cm³/mol. The molecule has 2 heterocycles.